The molecule has 0 aliphatic rings. The minimum atomic E-state index is -1.13. The summed E-state index contributed by atoms with van der Waals surface area (Å²) in [5.41, 5.74) is 1.76. The third-order valence-electron chi connectivity index (χ3n) is 5.03. The molecule has 3 rings (SSSR count). The molecular weight excluding hydrogens is 478 g/mol. The first kappa shape index (κ1) is 26.8. The number of amides is 3. The van der Waals surface area contributed by atoms with Crippen LogP contribution in [0.4, 0.5) is 16.2 Å². The molecule has 0 spiro atoms. The molecule has 0 radical (unpaired) electrons. The number of ether oxygens (including phenoxy) is 1. The van der Waals surface area contributed by atoms with Crippen LogP contribution in [-0.4, -0.2) is 30.1 Å². The van der Waals surface area contributed by atoms with Gasteiger partial charge >= 0.3 is 12.0 Å². The molecule has 0 saturated heterocycles. The van der Waals surface area contributed by atoms with Gasteiger partial charge in [-0.1, -0.05) is 54.1 Å². The number of carbonyl (C=O) groups is 3. The Hall–Kier alpha value is -3.84. The van der Waals surface area contributed by atoms with Gasteiger partial charge < -0.3 is 15.4 Å². The molecule has 0 aliphatic heterocycles. The van der Waals surface area contributed by atoms with E-state index in [1.54, 1.807) is 75.4 Å². The highest BCUT2D eigenvalue weighted by molar-refractivity contribution is 6.30. The Balaban J connectivity index is 1.91. The van der Waals surface area contributed by atoms with Crippen LogP contribution in [0.1, 0.15) is 37.9 Å². The molecule has 0 aliphatic carbocycles. The molecule has 7 nitrogen and oxygen atoms in total. The number of anilines is 2. The lowest BCUT2D eigenvalue weighted by molar-refractivity contribution is -0.157. The first-order valence-electron chi connectivity index (χ1n) is 11.5. The highest BCUT2D eigenvalue weighted by atomic mass is 35.5. The maximum atomic E-state index is 13.6. The third kappa shape index (κ3) is 7.58. The number of para-hydroxylation sites is 1. The van der Waals surface area contributed by atoms with Crippen molar-refractivity contribution in [2.45, 2.75) is 39.3 Å². The van der Waals surface area contributed by atoms with Crippen molar-refractivity contribution in [2.75, 3.05) is 16.8 Å². The van der Waals surface area contributed by atoms with Gasteiger partial charge in [0.15, 0.2) is 6.04 Å². The van der Waals surface area contributed by atoms with E-state index < -0.39 is 29.6 Å². The van der Waals surface area contributed by atoms with Gasteiger partial charge in [-0.15, -0.1) is 0 Å². The largest absolute Gasteiger partial charge is 0.458 e. The second-order valence-electron chi connectivity index (χ2n) is 9.27. The Bertz CT molecular complexity index is 1220. The van der Waals surface area contributed by atoms with Gasteiger partial charge in [-0.3, -0.25) is 9.69 Å². The second kappa shape index (κ2) is 11.7. The van der Waals surface area contributed by atoms with Crippen LogP contribution in [0.3, 0.4) is 0 Å². The Labute approximate surface area is 216 Å². The van der Waals surface area contributed by atoms with Crippen LogP contribution in [0, 0.1) is 6.92 Å². The van der Waals surface area contributed by atoms with Gasteiger partial charge in [-0.25, -0.2) is 9.59 Å². The van der Waals surface area contributed by atoms with E-state index in [9.17, 15) is 14.4 Å². The number of aryl methyl sites for hydroxylation is 1. The summed E-state index contributed by atoms with van der Waals surface area (Å²) in [4.78, 5) is 40.8. The van der Waals surface area contributed by atoms with Crippen LogP contribution in [0.2, 0.25) is 5.02 Å². The number of benzene rings is 3. The lowest BCUT2D eigenvalue weighted by Crippen LogP contribution is -2.46. The van der Waals surface area contributed by atoms with Crippen LogP contribution in [0.25, 0.3) is 0 Å². The predicted octanol–water partition coefficient (Wildman–Crippen LogP) is 5.89. The topological polar surface area (TPSA) is 87.7 Å². The van der Waals surface area contributed by atoms with E-state index in [1.807, 2.05) is 31.2 Å². The number of nitrogens with zero attached hydrogens (tertiary/aromatic N) is 1. The monoisotopic (exact) mass is 507 g/mol. The molecule has 8 heteroatoms. The number of hydrogen-bond acceptors (Lipinski definition) is 4. The Kier molecular flexibility index (Phi) is 8.72. The molecule has 0 fully saturated rings. The van der Waals surface area contributed by atoms with Crippen molar-refractivity contribution in [3.05, 3.63) is 95.0 Å². The summed E-state index contributed by atoms with van der Waals surface area (Å²) in [6, 6.07) is 21.1. The van der Waals surface area contributed by atoms with Gasteiger partial charge in [-0.2, -0.15) is 0 Å². The molecule has 1 atom stereocenters. The van der Waals surface area contributed by atoms with Gasteiger partial charge in [0.25, 0.3) is 0 Å². The second-order valence-corrected chi connectivity index (χ2v) is 9.70. The summed E-state index contributed by atoms with van der Waals surface area (Å²) in [5.74, 6) is -1.12. The number of rotatable bonds is 7. The fourth-order valence-corrected chi connectivity index (χ4v) is 3.79. The minimum absolute atomic E-state index is 0.355. The third-order valence-corrected chi connectivity index (χ3v) is 5.27. The first-order valence-corrected chi connectivity index (χ1v) is 11.9. The molecule has 1 unspecified atom stereocenters. The lowest BCUT2D eigenvalue weighted by Gasteiger charge is -2.33. The highest BCUT2D eigenvalue weighted by Crippen LogP contribution is 2.31. The van der Waals surface area contributed by atoms with Crippen molar-refractivity contribution in [3.8, 4) is 0 Å². The fraction of sp³-hybridized carbons (Fsp3) is 0.250. The molecule has 0 heterocycles. The maximum absolute atomic E-state index is 13.6. The SMILES string of the molecule is Cc1cccc(NC(=O)NCC(=O)N(c2ccccc2)C(C(=O)OC(C)(C)C)c2cccc(Cl)c2)c1. The Morgan fingerprint density at radius 2 is 1.64 bits per heavy atom. The van der Waals surface area contributed by atoms with Crippen LogP contribution >= 0.6 is 11.6 Å². The zero-order valence-electron chi connectivity index (χ0n) is 20.7. The minimum Gasteiger partial charge on any atom is -0.458 e. The average molecular weight is 508 g/mol. The van der Waals surface area contributed by atoms with Crippen molar-refractivity contribution in [2.24, 2.45) is 0 Å². The zero-order chi connectivity index (χ0) is 26.3. The van der Waals surface area contributed by atoms with Crippen molar-refractivity contribution >= 4 is 40.9 Å². The van der Waals surface area contributed by atoms with E-state index >= 15 is 0 Å². The number of urea groups is 1. The number of carbonyl (C=O) groups excluding carboxylic acids is 3. The summed E-state index contributed by atoms with van der Waals surface area (Å²) in [6.45, 7) is 6.83. The van der Waals surface area contributed by atoms with Crippen molar-refractivity contribution in [1.29, 1.82) is 0 Å². The van der Waals surface area contributed by atoms with Gasteiger partial charge in [0.1, 0.15) is 5.60 Å². The van der Waals surface area contributed by atoms with Crippen LogP contribution in [0.5, 0.6) is 0 Å². The van der Waals surface area contributed by atoms with Crippen LogP contribution in [0.15, 0.2) is 78.9 Å². The number of esters is 1. The van der Waals surface area contributed by atoms with Crippen LogP contribution in [-0.2, 0) is 14.3 Å². The predicted molar refractivity (Wildman–Crippen MR) is 142 cm³/mol. The summed E-state index contributed by atoms with van der Waals surface area (Å²) in [7, 11) is 0. The maximum Gasteiger partial charge on any atom is 0.334 e. The summed E-state index contributed by atoms with van der Waals surface area (Å²) in [5, 5.41) is 5.71. The molecule has 36 heavy (non-hydrogen) atoms. The summed E-state index contributed by atoms with van der Waals surface area (Å²) >= 11 is 6.23. The van der Waals surface area contributed by atoms with Gasteiger partial charge in [-0.05, 0) is 75.2 Å². The standard InChI is InChI=1S/C28H30ClN3O4/c1-19-10-8-13-22(16-19)31-27(35)30-18-24(33)32(23-14-6-5-7-15-23)25(26(34)36-28(2,3)4)20-11-9-12-21(29)17-20/h5-17,25H,18H2,1-4H3,(H2,30,31,35). The van der Waals surface area contributed by atoms with Gasteiger partial charge in [0.2, 0.25) is 5.91 Å². The first-order chi connectivity index (χ1) is 17.0. The van der Waals surface area contributed by atoms with Crippen molar-refractivity contribution in [1.82, 2.24) is 5.32 Å². The highest BCUT2D eigenvalue weighted by Gasteiger charge is 2.36. The summed E-state index contributed by atoms with van der Waals surface area (Å²) in [6.07, 6.45) is 0. The van der Waals surface area contributed by atoms with Crippen LogP contribution < -0.4 is 15.5 Å². The van der Waals surface area contributed by atoms with Crippen molar-refractivity contribution < 1.29 is 19.1 Å². The van der Waals surface area contributed by atoms with Crippen molar-refractivity contribution in [3.63, 3.8) is 0 Å². The molecule has 0 saturated carbocycles. The van der Waals surface area contributed by atoms with E-state index in [4.69, 9.17) is 16.3 Å². The molecule has 3 amide bonds. The zero-order valence-corrected chi connectivity index (χ0v) is 21.5. The number of nitrogens with one attached hydrogen (secondary N) is 2. The molecule has 0 aromatic heterocycles. The lowest BCUT2D eigenvalue weighted by atomic mass is 10.0. The number of halogens is 1. The van der Waals surface area contributed by atoms with E-state index in [0.717, 1.165) is 5.56 Å². The summed E-state index contributed by atoms with van der Waals surface area (Å²) < 4.78 is 5.69. The van der Waals surface area contributed by atoms with E-state index in [0.29, 0.717) is 22.0 Å². The normalized spacial score (nSPS) is 11.8. The fourth-order valence-electron chi connectivity index (χ4n) is 3.59. The quantitative estimate of drug-likeness (QED) is 0.390. The Morgan fingerprint density at radius 3 is 2.28 bits per heavy atom. The average Bonchev–Trinajstić information content (AvgIpc) is 2.80. The molecule has 3 aromatic carbocycles. The molecule has 188 valence electrons. The number of hydrogen-bond donors (Lipinski definition) is 2. The molecule has 3 aromatic rings. The van der Waals surface area contributed by atoms with Gasteiger partial charge in [0.05, 0.1) is 6.54 Å². The molecular formula is C28H30ClN3O4. The molecule has 0 bridgehead atoms. The Morgan fingerprint density at radius 1 is 0.944 bits per heavy atom. The van der Waals surface area contributed by atoms with E-state index in [1.165, 1.54) is 4.90 Å². The van der Waals surface area contributed by atoms with Gasteiger partial charge in [0, 0.05) is 16.4 Å². The van der Waals surface area contributed by atoms with E-state index in [-0.39, 0.29) is 6.54 Å². The van der Waals surface area contributed by atoms with E-state index in [2.05, 4.69) is 10.6 Å². The smallest absolute Gasteiger partial charge is 0.334 e. The molecule has 2 N–H and O–H groups in total.